The van der Waals surface area contributed by atoms with Crippen LogP contribution in [0.3, 0.4) is 0 Å². The van der Waals surface area contributed by atoms with Crippen LogP contribution in [0.15, 0.2) is 22.7 Å². The van der Waals surface area contributed by atoms with Gasteiger partial charge in [0, 0.05) is 17.6 Å². The van der Waals surface area contributed by atoms with Gasteiger partial charge in [0.05, 0.1) is 5.41 Å². The molecule has 1 aromatic rings. The molecule has 0 spiro atoms. The summed E-state index contributed by atoms with van der Waals surface area (Å²) in [5, 5.41) is 6.25. The topological polar surface area (TPSA) is 41.1 Å². The first-order valence-corrected chi connectivity index (χ1v) is 7.80. The average Bonchev–Trinajstić information content (AvgIpc) is 2.48. The van der Waals surface area contributed by atoms with Crippen molar-refractivity contribution in [3.05, 3.63) is 34.1 Å². The predicted molar refractivity (Wildman–Crippen MR) is 80.8 cm³/mol. The molecule has 0 saturated carbocycles. The minimum absolute atomic E-state index is 0.0587. The van der Waals surface area contributed by atoms with Gasteiger partial charge in [-0.2, -0.15) is 0 Å². The van der Waals surface area contributed by atoms with Gasteiger partial charge in [-0.25, -0.2) is 4.39 Å². The lowest BCUT2D eigenvalue weighted by atomic mass is 9.77. The van der Waals surface area contributed by atoms with Crippen LogP contribution in [0, 0.1) is 11.2 Å². The first-order valence-electron chi connectivity index (χ1n) is 7.00. The van der Waals surface area contributed by atoms with E-state index in [1.54, 1.807) is 6.07 Å². The Hall–Kier alpha value is -0.940. The summed E-state index contributed by atoms with van der Waals surface area (Å²) < 4.78 is 14.0. The molecule has 1 atom stereocenters. The summed E-state index contributed by atoms with van der Waals surface area (Å²) in [6.45, 7) is 4.09. The lowest BCUT2D eigenvalue weighted by molar-refractivity contribution is -0.132. The molecule has 3 nitrogen and oxygen atoms in total. The third-order valence-corrected chi connectivity index (χ3v) is 4.85. The molecule has 0 radical (unpaired) electrons. The van der Waals surface area contributed by atoms with E-state index >= 15 is 0 Å². The van der Waals surface area contributed by atoms with Crippen molar-refractivity contribution < 1.29 is 9.18 Å². The SMILES string of the molecule is CCC1(C(=O)NCc2cc(F)ccc2Br)CCCNC1. The molecule has 1 aliphatic rings. The van der Waals surface area contributed by atoms with Gasteiger partial charge in [-0.15, -0.1) is 0 Å². The number of amides is 1. The summed E-state index contributed by atoms with van der Waals surface area (Å²) in [5.41, 5.74) is 0.436. The highest BCUT2D eigenvalue weighted by Gasteiger charge is 2.37. The Morgan fingerprint density at radius 2 is 2.35 bits per heavy atom. The summed E-state index contributed by atoms with van der Waals surface area (Å²) in [6, 6.07) is 4.50. The lowest BCUT2D eigenvalue weighted by Crippen LogP contribution is -2.50. The summed E-state index contributed by atoms with van der Waals surface area (Å²) >= 11 is 3.38. The maximum atomic E-state index is 13.2. The molecule has 1 fully saturated rings. The van der Waals surface area contributed by atoms with Crippen molar-refractivity contribution >= 4 is 21.8 Å². The molecule has 1 heterocycles. The third kappa shape index (κ3) is 3.38. The molecule has 0 aliphatic carbocycles. The minimum Gasteiger partial charge on any atom is -0.351 e. The van der Waals surface area contributed by atoms with E-state index in [9.17, 15) is 9.18 Å². The standard InChI is InChI=1S/C15H20BrFN2O/c1-2-15(6-3-7-18-10-15)14(20)19-9-11-8-12(17)4-5-13(11)16/h4-5,8,18H,2-3,6-7,9-10H2,1H3,(H,19,20). The van der Waals surface area contributed by atoms with Crippen molar-refractivity contribution in [2.75, 3.05) is 13.1 Å². The molecule has 1 aromatic carbocycles. The number of benzene rings is 1. The van der Waals surface area contributed by atoms with Gasteiger partial charge in [-0.1, -0.05) is 22.9 Å². The number of piperidine rings is 1. The summed E-state index contributed by atoms with van der Waals surface area (Å²) in [5.74, 6) is -0.231. The Morgan fingerprint density at radius 1 is 1.55 bits per heavy atom. The third-order valence-electron chi connectivity index (χ3n) is 4.08. The fraction of sp³-hybridized carbons (Fsp3) is 0.533. The minimum atomic E-state index is -0.321. The average molecular weight is 343 g/mol. The number of nitrogens with one attached hydrogen (secondary N) is 2. The number of halogens is 2. The van der Waals surface area contributed by atoms with Crippen LogP contribution in [-0.2, 0) is 11.3 Å². The van der Waals surface area contributed by atoms with E-state index in [2.05, 4.69) is 26.6 Å². The molecular weight excluding hydrogens is 323 g/mol. The normalized spacial score (nSPS) is 22.6. The number of rotatable bonds is 4. The van der Waals surface area contributed by atoms with Crippen LogP contribution in [0.5, 0.6) is 0 Å². The van der Waals surface area contributed by atoms with Gasteiger partial charge in [0.1, 0.15) is 5.82 Å². The first-order chi connectivity index (χ1) is 9.57. The van der Waals surface area contributed by atoms with E-state index in [1.165, 1.54) is 12.1 Å². The highest BCUT2D eigenvalue weighted by molar-refractivity contribution is 9.10. The zero-order valence-corrected chi connectivity index (χ0v) is 13.2. The molecule has 20 heavy (non-hydrogen) atoms. The Kier molecular flexibility index (Phi) is 5.16. The summed E-state index contributed by atoms with van der Waals surface area (Å²) in [6.07, 6.45) is 2.74. The van der Waals surface area contributed by atoms with E-state index in [0.717, 1.165) is 42.4 Å². The Labute approximate surface area is 127 Å². The number of carbonyl (C=O) groups is 1. The maximum absolute atomic E-state index is 13.2. The van der Waals surface area contributed by atoms with Crippen LogP contribution in [0.4, 0.5) is 4.39 Å². The van der Waals surface area contributed by atoms with Crippen LogP contribution in [0.2, 0.25) is 0 Å². The molecule has 5 heteroatoms. The van der Waals surface area contributed by atoms with Gasteiger partial charge >= 0.3 is 0 Å². The second-order valence-electron chi connectivity index (χ2n) is 5.33. The molecule has 1 amide bonds. The quantitative estimate of drug-likeness (QED) is 0.883. The van der Waals surface area contributed by atoms with Gasteiger partial charge in [0.25, 0.3) is 0 Å². The van der Waals surface area contributed by atoms with Crippen molar-refractivity contribution in [2.45, 2.75) is 32.7 Å². The molecule has 0 bridgehead atoms. The molecular formula is C15H20BrFN2O. The van der Waals surface area contributed by atoms with E-state index < -0.39 is 0 Å². The van der Waals surface area contributed by atoms with Gasteiger partial charge < -0.3 is 10.6 Å². The van der Waals surface area contributed by atoms with Crippen LogP contribution in [0.1, 0.15) is 31.7 Å². The van der Waals surface area contributed by atoms with Crippen LogP contribution >= 0.6 is 15.9 Å². The lowest BCUT2D eigenvalue weighted by Gasteiger charge is -2.35. The fourth-order valence-electron chi connectivity index (χ4n) is 2.67. The second kappa shape index (κ2) is 6.68. The van der Waals surface area contributed by atoms with E-state index in [1.807, 2.05) is 6.92 Å². The Bertz CT molecular complexity index is 487. The summed E-state index contributed by atoms with van der Waals surface area (Å²) in [7, 11) is 0. The van der Waals surface area contributed by atoms with Crippen molar-refractivity contribution in [3.63, 3.8) is 0 Å². The monoisotopic (exact) mass is 342 g/mol. The highest BCUT2D eigenvalue weighted by atomic mass is 79.9. The summed E-state index contributed by atoms with van der Waals surface area (Å²) in [4.78, 5) is 12.5. The van der Waals surface area contributed by atoms with Gasteiger partial charge in [-0.3, -0.25) is 4.79 Å². The maximum Gasteiger partial charge on any atom is 0.227 e. The first kappa shape index (κ1) is 15.4. The van der Waals surface area contributed by atoms with Crippen molar-refractivity contribution in [1.29, 1.82) is 0 Å². The van der Waals surface area contributed by atoms with Crippen molar-refractivity contribution in [3.8, 4) is 0 Å². The van der Waals surface area contributed by atoms with E-state index in [0.29, 0.717) is 6.54 Å². The van der Waals surface area contributed by atoms with Gasteiger partial charge in [-0.05, 0) is 49.6 Å². The van der Waals surface area contributed by atoms with Crippen molar-refractivity contribution in [2.24, 2.45) is 5.41 Å². The highest BCUT2D eigenvalue weighted by Crippen LogP contribution is 2.30. The van der Waals surface area contributed by atoms with Crippen molar-refractivity contribution in [1.82, 2.24) is 10.6 Å². The number of hydrogen-bond acceptors (Lipinski definition) is 2. The van der Waals surface area contributed by atoms with Crippen LogP contribution in [-0.4, -0.2) is 19.0 Å². The largest absolute Gasteiger partial charge is 0.351 e. The predicted octanol–water partition coefficient (Wildman–Crippen LogP) is 2.98. The molecule has 0 aromatic heterocycles. The Morgan fingerprint density at radius 3 is 3.00 bits per heavy atom. The van der Waals surface area contributed by atoms with Gasteiger partial charge in [0.2, 0.25) is 5.91 Å². The van der Waals surface area contributed by atoms with Crippen LogP contribution in [0.25, 0.3) is 0 Å². The second-order valence-corrected chi connectivity index (χ2v) is 6.19. The van der Waals surface area contributed by atoms with Gasteiger partial charge in [0.15, 0.2) is 0 Å². The molecule has 1 aliphatic heterocycles. The van der Waals surface area contributed by atoms with Crippen LogP contribution < -0.4 is 10.6 Å². The Balaban J connectivity index is 2.02. The number of carbonyl (C=O) groups excluding carboxylic acids is 1. The smallest absolute Gasteiger partial charge is 0.227 e. The zero-order chi connectivity index (χ0) is 14.6. The van der Waals surface area contributed by atoms with E-state index in [4.69, 9.17) is 0 Å². The zero-order valence-electron chi connectivity index (χ0n) is 11.6. The fourth-order valence-corrected chi connectivity index (χ4v) is 3.05. The molecule has 110 valence electrons. The molecule has 1 unspecified atom stereocenters. The molecule has 1 saturated heterocycles. The number of hydrogen-bond donors (Lipinski definition) is 2. The van der Waals surface area contributed by atoms with E-state index in [-0.39, 0.29) is 17.1 Å². The molecule has 2 rings (SSSR count). The molecule has 2 N–H and O–H groups in total.